The first-order chi connectivity index (χ1) is 11.6. The number of H-pyrrole nitrogens is 1. The van der Waals surface area contributed by atoms with Gasteiger partial charge < -0.3 is 15.4 Å². The van der Waals surface area contributed by atoms with Gasteiger partial charge in [0.2, 0.25) is 5.91 Å². The van der Waals surface area contributed by atoms with Crippen LogP contribution in [0.1, 0.15) is 17.3 Å². The molecule has 0 bridgehead atoms. The van der Waals surface area contributed by atoms with Crippen LogP contribution >= 0.6 is 0 Å². The maximum atomic E-state index is 12.5. The number of anilines is 2. The molecule has 2 amide bonds. The summed E-state index contributed by atoms with van der Waals surface area (Å²) in [4.78, 5) is 23.8. The largest absolute Gasteiger partial charge is 0.495 e. The van der Waals surface area contributed by atoms with Gasteiger partial charge in [0.05, 0.1) is 30.1 Å². The zero-order chi connectivity index (χ0) is 17.1. The first-order valence-electron chi connectivity index (χ1n) is 7.27. The quantitative estimate of drug-likeness (QED) is 0.687. The number of nitrogens with one attached hydrogen (secondary N) is 3. The van der Waals surface area contributed by atoms with Crippen molar-refractivity contribution < 1.29 is 14.3 Å². The second-order valence-electron chi connectivity index (χ2n) is 5.19. The van der Waals surface area contributed by atoms with Crippen molar-refractivity contribution in [2.24, 2.45) is 0 Å². The zero-order valence-electron chi connectivity index (χ0n) is 13.2. The zero-order valence-corrected chi connectivity index (χ0v) is 13.2. The normalized spacial score (nSPS) is 10.4. The molecule has 0 saturated carbocycles. The molecule has 3 rings (SSSR count). The van der Waals surface area contributed by atoms with E-state index in [1.165, 1.54) is 14.0 Å². The maximum Gasteiger partial charge on any atom is 0.257 e. The topological polar surface area (TPSA) is 96.1 Å². The molecule has 0 spiro atoms. The van der Waals surface area contributed by atoms with E-state index in [2.05, 4.69) is 20.8 Å². The number of ether oxygens (including phenoxy) is 1. The Labute approximate surface area is 138 Å². The van der Waals surface area contributed by atoms with Gasteiger partial charge in [-0.15, -0.1) is 0 Å². The molecule has 1 aromatic heterocycles. The van der Waals surface area contributed by atoms with Gasteiger partial charge in [-0.25, -0.2) is 0 Å². The van der Waals surface area contributed by atoms with Crippen LogP contribution in [-0.2, 0) is 4.79 Å². The first kappa shape index (κ1) is 15.5. The number of nitrogens with zero attached hydrogens (tertiary/aromatic N) is 1. The van der Waals surface area contributed by atoms with E-state index in [-0.39, 0.29) is 11.8 Å². The predicted octanol–water partition coefficient (Wildman–Crippen LogP) is 2.78. The van der Waals surface area contributed by atoms with Crippen molar-refractivity contribution in [3.05, 3.63) is 48.2 Å². The summed E-state index contributed by atoms with van der Waals surface area (Å²) in [6.45, 7) is 1.41. The van der Waals surface area contributed by atoms with E-state index < -0.39 is 0 Å². The Bertz CT molecular complexity index is 917. The van der Waals surface area contributed by atoms with Crippen LogP contribution in [0.15, 0.2) is 42.6 Å². The fourth-order valence-corrected chi connectivity index (χ4v) is 2.43. The van der Waals surface area contributed by atoms with Crippen molar-refractivity contribution in [3.63, 3.8) is 0 Å². The van der Waals surface area contributed by atoms with Crippen molar-refractivity contribution in [1.82, 2.24) is 10.2 Å². The van der Waals surface area contributed by atoms with Crippen LogP contribution in [0.5, 0.6) is 5.75 Å². The smallest absolute Gasteiger partial charge is 0.257 e. The highest BCUT2D eigenvalue weighted by atomic mass is 16.5. The van der Waals surface area contributed by atoms with Gasteiger partial charge in [0, 0.05) is 18.0 Å². The second kappa shape index (κ2) is 6.41. The molecule has 0 radical (unpaired) electrons. The molecular weight excluding hydrogens is 308 g/mol. The summed E-state index contributed by atoms with van der Waals surface area (Å²) in [7, 11) is 1.51. The van der Waals surface area contributed by atoms with Gasteiger partial charge in [0.1, 0.15) is 5.75 Å². The molecular formula is C17H16N4O3. The Morgan fingerprint density at radius 1 is 1.17 bits per heavy atom. The summed E-state index contributed by atoms with van der Waals surface area (Å²) in [5, 5.41) is 13.1. The first-order valence-corrected chi connectivity index (χ1v) is 7.27. The molecule has 0 atom stereocenters. The highest BCUT2D eigenvalue weighted by Gasteiger charge is 2.13. The van der Waals surface area contributed by atoms with Crippen molar-refractivity contribution in [2.75, 3.05) is 17.7 Å². The van der Waals surface area contributed by atoms with Gasteiger partial charge in [-0.1, -0.05) is 12.1 Å². The number of rotatable bonds is 4. The average Bonchev–Trinajstić information content (AvgIpc) is 3.03. The number of carbonyl (C=O) groups is 2. The molecule has 7 heteroatoms. The third-order valence-corrected chi connectivity index (χ3v) is 3.49. The molecule has 122 valence electrons. The van der Waals surface area contributed by atoms with Crippen LogP contribution in [0, 0.1) is 0 Å². The van der Waals surface area contributed by atoms with Crippen LogP contribution in [0.2, 0.25) is 0 Å². The van der Waals surface area contributed by atoms with Gasteiger partial charge in [-0.05, 0) is 24.3 Å². The Kier molecular flexibility index (Phi) is 4.15. The van der Waals surface area contributed by atoms with E-state index in [0.29, 0.717) is 28.2 Å². The number of para-hydroxylation sites is 1. The monoisotopic (exact) mass is 324 g/mol. The molecule has 1 heterocycles. The lowest BCUT2D eigenvalue weighted by molar-refractivity contribution is -0.114. The number of aromatic amines is 1. The average molecular weight is 324 g/mol. The minimum absolute atomic E-state index is 0.223. The van der Waals surface area contributed by atoms with E-state index in [9.17, 15) is 9.59 Å². The van der Waals surface area contributed by atoms with Crippen molar-refractivity contribution in [1.29, 1.82) is 0 Å². The highest BCUT2D eigenvalue weighted by molar-refractivity contribution is 6.12. The van der Waals surface area contributed by atoms with Gasteiger partial charge in [0.25, 0.3) is 5.91 Å². The van der Waals surface area contributed by atoms with Crippen LogP contribution < -0.4 is 15.4 Å². The fourth-order valence-electron chi connectivity index (χ4n) is 2.43. The van der Waals surface area contributed by atoms with Crippen LogP contribution in [0.3, 0.4) is 0 Å². The molecule has 3 N–H and O–H groups in total. The molecule has 0 fully saturated rings. The third kappa shape index (κ3) is 3.05. The van der Waals surface area contributed by atoms with E-state index in [1.807, 2.05) is 6.07 Å². The van der Waals surface area contributed by atoms with Crippen molar-refractivity contribution >= 4 is 34.1 Å². The number of fused-ring (bicyclic) bond motifs is 1. The molecule has 0 unspecified atom stereocenters. The lowest BCUT2D eigenvalue weighted by atomic mass is 10.1. The van der Waals surface area contributed by atoms with E-state index in [4.69, 9.17) is 4.74 Å². The minimum Gasteiger partial charge on any atom is -0.495 e. The lowest BCUT2D eigenvalue weighted by Gasteiger charge is -2.12. The second-order valence-corrected chi connectivity index (χ2v) is 5.19. The summed E-state index contributed by atoms with van der Waals surface area (Å²) in [6.07, 6.45) is 1.66. The Morgan fingerprint density at radius 3 is 2.75 bits per heavy atom. The Balaban J connectivity index is 1.89. The van der Waals surface area contributed by atoms with Gasteiger partial charge in [-0.2, -0.15) is 5.10 Å². The number of carbonyl (C=O) groups excluding carboxylic acids is 2. The Hall–Kier alpha value is -3.35. The number of methoxy groups -OCH3 is 1. The predicted molar refractivity (Wildman–Crippen MR) is 91.3 cm³/mol. The van der Waals surface area contributed by atoms with E-state index >= 15 is 0 Å². The van der Waals surface area contributed by atoms with E-state index in [0.717, 1.165) is 5.39 Å². The Morgan fingerprint density at radius 2 is 2.00 bits per heavy atom. The number of benzene rings is 2. The van der Waals surface area contributed by atoms with Crippen molar-refractivity contribution in [2.45, 2.75) is 6.92 Å². The number of amides is 2. The number of aromatic nitrogens is 2. The third-order valence-electron chi connectivity index (χ3n) is 3.49. The summed E-state index contributed by atoms with van der Waals surface area (Å²) < 4.78 is 5.20. The number of hydrogen-bond acceptors (Lipinski definition) is 4. The molecule has 7 nitrogen and oxygen atoms in total. The van der Waals surface area contributed by atoms with Crippen molar-refractivity contribution in [3.8, 4) is 5.75 Å². The van der Waals surface area contributed by atoms with Gasteiger partial charge in [0.15, 0.2) is 0 Å². The lowest BCUT2D eigenvalue weighted by Crippen LogP contribution is -2.13. The standard InChI is InChI=1S/C17H16N4O3/c1-10(22)19-14-8-12(6-7-15(14)24-2)20-17(23)13-5-3-4-11-9-18-21-16(11)13/h3-9H,1-2H3,(H,18,21)(H,19,22)(H,20,23). The summed E-state index contributed by atoms with van der Waals surface area (Å²) in [6, 6.07) is 10.4. The highest BCUT2D eigenvalue weighted by Crippen LogP contribution is 2.28. The maximum absolute atomic E-state index is 12.5. The molecule has 24 heavy (non-hydrogen) atoms. The molecule has 0 aliphatic rings. The summed E-state index contributed by atoms with van der Waals surface area (Å²) >= 11 is 0. The molecule has 0 aliphatic heterocycles. The number of hydrogen-bond donors (Lipinski definition) is 3. The van der Waals surface area contributed by atoms with Crippen LogP contribution in [-0.4, -0.2) is 29.1 Å². The molecule has 2 aromatic carbocycles. The van der Waals surface area contributed by atoms with Gasteiger partial charge >= 0.3 is 0 Å². The fraction of sp³-hybridized carbons (Fsp3) is 0.118. The van der Waals surface area contributed by atoms with E-state index in [1.54, 1.807) is 36.5 Å². The molecule has 0 aliphatic carbocycles. The molecule has 0 saturated heterocycles. The van der Waals surface area contributed by atoms with Crippen LogP contribution in [0.4, 0.5) is 11.4 Å². The molecule has 3 aromatic rings. The minimum atomic E-state index is -0.274. The SMILES string of the molecule is COc1ccc(NC(=O)c2cccc3cn[nH]c23)cc1NC(C)=O. The van der Waals surface area contributed by atoms with Crippen LogP contribution in [0.25, 0.3) is 10.9 Å². The van der Waals surface area contributed by atoms with Gasteiger partial charge in [-0.3, -0.25) is 14.7 Å². The summed E-state index contributed by atoms with van der Waals surface area (Å²) in [5.74, 6) is 0.0154. The summed E-state index contributed by atoms with van der Waals surface area (Å²) in [5.41, 5.74) is 2.19.